The highest BCUT2D eigenvalue weighted by Gasteiger charge is 2.28. The summed E-state index contributed by atoms with van der Waals surface area (Å²) in [5.41, 5.74) is 4.61. The number of benzene rings is 1. The van der Waals surface area contributed by atoms with E-state index in [4.69, 9.17) is 33.2 Å². The van der Waals surface area contributed by atoms with Crippen molar-refractivity contribution in [2.24, 2.45) is 10.9 Å². The lowest BCUT2D eigenvalue weighted by atomic mass is 9.90. The average Bonchev–Trinajstić information content (AvgIpc) is 3.27. The number of hydrogen-bond donors (Lipinski definition) is 1. The maximum absolute atomic E-state index is 11.9. The molecular weight excluding hydrogens is 487 g/mol. The summed E-state index contributed by atoms with van der Waals surface area (Å²) in [6.45, 7) is 3.88. The Morgan fingerprint density at radius 2 is 2.09 bits per heavy atom. The van der Waals surface area contributed by atoms with E-state index in [1.54, 1.807) is 23.6 Å². The largest absolute Gasteiger partial charge is 0.310 e. The van der Waals surface area contributed by atoms with Gasteiger partial charge in [-0.25, -0.2) is 9.97 Å². The van der Waals surface area contributed by atoms with Crippen molar-refractivity contribution in [2.45, 2.75) is 32.1 Å². The third-order valence-electron chi connectivity index (χ3n) is 6.04. The highest BCUT2D eigenvalue weighted by Crippen LogP contribution is 2.42. The first-order valence-electron chi connectivity index (χ1n) is 11.1. The van der Waals surface area contributed by atoms with Gasteiger partial charge in [-0.3, -0.25) is 9.79 Å². The van der Waals surface area contributed by atoms with E-state index >= 15 is 0 Å². The fourth-order valence-electron chi connectivity index (χ4n) is 4.35. The van der Waals surface area contributed by atoms with Crippen LogP contribution in [0.1, 0.15) is 36.1 Å². The molecule has 1 atom stereocenters. The third-order valence-corrected chi connectivity index (χ3v) is 7.70. The van der Waals surface area contributed by atoms with Crippen molar-refractivity contribution in [1.29, 1.82) is 0 Å². The molecule has 2 aliphatic heterocycles. The summed E-state index contributed by atoms with van der Waals surface area (Å²) in [5, 5.41) is 4.85. The fourth-order valence-corrected chi connectivity index (χ4v) is 6.06. The summed E-state index contributed by atoms with van der Waals surface area (Å²) in [6.07, 6.45) is 11.5. The number of pyridine rings is 1. The molecule has 0 aliphatic carbocycles. The van der Waals surface area contributed by atoms with E-state index < -0.39 is 0 Å². The maximum atomic E-state index is 11.9. The second kappa shape index (κ2) is 9.82. The van der Waals surface area contributed by atoms with Crippen LogP contribution in [-0.2, 0) is 11.2 Å². The number of amides is 1. The summed E-state index contributed by atoms with van der Waals surface area (Å²) >= 11 is 14.4. The molecule has 0 fully saturated rings. The first kappa shape index (κ1) is 23.0. The van der Waals surface area contributed by atoms with Gasteiger partial charge in [-0.1, -0.05) is 35.4 Å². The van der Waals surface area contributed by atoms with Gasteiger partial charge < -0.3 is 5.32 Å². The molecule has 8 heteroatoms. The Morgan fingerprint density at radius 3 is 2.91 bits per heavy atom. The Hall–Kier alpha value is -2.80. The molecule has 34 heavy (non-hydrogen) atoms. The predicted octanol–water partition coefficient (Wildman–Crippen LogP) is 7.35. The van der Waals surface area contributed by atoms with Gasteiger partial charge in [0.25, 0.3) is 0 Å². The molecule has 1 N–H and O–H groups in total. The highest BCUT2D eigenvalue weighted by molar-refractivity contribution is 7.17. The van der Waals surface area contributed by atoms with Crippen molar-refractivity contribution in [3.05, 3.63) is 75.9 Å². The Kier molecular flexibility index (Phi) is 6.63. The van der Waals surface area contributed by atoms with E-state index in [9.17, 15) is 4.79 Å². The van der Waals surface area contributed by atoms with Crippen molar-refractivity contribution in [3.8, 4) is 21.8 Å². The van der Waals surface area contributed by atoms with Gasteiger partial charge in [0, 0.05) is 46.4 Å². The minimum absolute atomic E-state index is 0.0148. The van der Waals surface area contributed by atoms with Crippen LogP contribution in [0.4, 0.5) is 5.82 Å². The number of carbonyl (C=O) groups is 1. The van der Waals surface area contributed by atoms with Gasteiger partial charge >= 0.3 is 0 Å². The molecule has 0 saturated heterocycles. The van der Waals surface area contributed by atoms with Crippen molar-refractivity contribution in [2.75, 3.05) is 5.32 Å². The SMILES string of the molecule is C=CCCC1CC=CN=C1c1sc(-c2ccnc3c2CCC(=O)N3)nc1-c1ccc(Cl)cc1Cl. The van der Waals surface area contributed by atoms with Crippen molar-refractivity contribution in [3.63, 3.8) is 0 Å². The smallest absolute Gasteiger partial charge is 0.225 e. The Morgan fingerprint density at radius 1 is 1.21 bits per heavy atom. The lowest BCUT2D eigenvalue weighted by Crippen LogP contribution is -2.20. The number of nitrogens with one attached hydrogen (secondary N) is 1. The molecule has 5 nitrogen and oxygen atoms in total. The number of aliphatic imine (C=N–C) groups is 1. The van der Waals surface area contributed by atoms with Gasteiger partial charge in [0.05, 0.1) is 21.3 Å². The van der Waals surface area contributed by atoms with Crippen LogP contribution in [0.3, 0.4) is 0 Å². The van der Waals surface area contributed by atoms with E-state index in [0.717, 1.165) is 57.2 Å². The number of hydrogen-bond acceptors (Lipinski definition) is 5. The number of carbonyl (C=O) groups excluding carboxylic acids is 1. The number of rotatable bonds is 6. The van der Waals surface area contributed by atoms with Crippen molar-refractivity contribution in [1.82, 2.24) is 9.97 Å². The van der Waals surface area contributed by atoms with E-state index in [-0.39, 0.29) is 11.8 Å². The number of thiazole rings is 1. The van der Waals surface area contributed by atoms with Crippen LogP contribution in [0.15, 0.2) is 60.4 Å². The first-order valence-corrected chi connectivity index (χ1v) is 12.7. The fraction of sp³-hybridized carbons (Fsp3) is 0.231. The summed E-state index contributed by atoms with van der Waals surface area (Å²) in [5.74, 6) is 0.865. The molecule has 172 valence electrons. The molecule has 5 rings (SSSR count). The molecular formula is C26H22Cl2N4OS. The highest BCUT2D eigenvalue weighted by atomic mass is 35.5. The van der Waals surface area contributed by atoms with Gasteiger partial charge in [-0.05, 0) is 49.9 Å². The Balaban J connectivity index is 1.68. The Bertz CT molecular complexity index is 1340. The molecule has 1 amide bonds. The van der Waals surface area contributed by atoms with Gasteiger partial charge in [-0.15, -0.1) is 17.9 Å². The van der Waals surface area contributed by atoms with E-state index in [0.29, 0.717) is 28.7 Å². The zero-order chi connectivity index (χ0) is 23.7. The molecule has 0 spiro atoms. The number of fused-ring (bicyclic) bond motifs is 1. The summed E-state index contributed by atoms with van der Waals surface area (Å²) in [7, 11) is 0. The molecule has 2 aliphatic rings. The number of aromatic nitrogens is 2. The number of nitrogens with zero attached hydrogens (tertiary/aromatic N) is 3. The first-order chi connectivity index (χ1) is 16.5. The number of halogens is 2. The maximum Gasteiger partial charge on any atom is 0.225 e. The van der Waals surface area contributed by atoms with Crippen LogP contribution < -0.4 is 5.32 Å². The second-order valence-electron chi connectivity index (χ2n) is 8.25. The standard InChI is InChI=1S/C26H22Cl2N4OS/c1-2-3-5-15-6-4-12-29-22(15)24-23(19-8-7-16(27)14-20(19)28)32-26(34-24)18-11-13-30-25-17(18)9-10-21(33)31-25/h2,4,7-8,11-15H,1,3,5-6,9-10H2,(H,30,31,33). The number of anilines is 1. The zero-order valence-electron chi connectivity index (χ0n) is 18.4. The van der Waals surface area contributed by atoms with Crippen molar-refractivity contribution < 1.29 is 4.79 Å². The van der Waals surface area contributed by atoms with Crippen LogP contribution in [0, 0.1) is 5.92 Å². The van der Waals surface area contributed by atoms with Crippen LogP contribution >= 0.6 is 34.5 Å². The van der Waals surface area contributed by atoms with Crippen LogP contribution in [0.25, 0.3) is 21.8 Å². The number of allylic oxidation sites excluding steroid dienone is 2. The normalized spacial score (nSPS) is 17.2. The van der Waals surface area contributed by atoms with Gasteiger partial charge in [0.2, 0.25) is 5.91 Å². The molecule has 3 aromatic rings. The third kappa shape index (κ3) is 4.45. The topological polar surface area (TPSA) is 67.2 Å². The van der Waals surface area contributed by atoms with Crippen LogP contribution in [0.2, 0.25) is 10.0 Å². The van der Waals surface area contributed by atoms with Crippen LogP contribution in [-0.4, -0.2) is 21.6 Å². The molecule has 0 bridgehead atoms. The lowest BCUT2D eigenvalue weighted by Gasteiger charge is -2.19. The second-order valence-corrected chi connectivity index (χ2v) is 10.1. The molecule has 1 aromatic carbocycles. The van der Waals surface area contributed by atoms with Crippen molar-refractivity contribution >= 4 is 52.0 Å². The van der Waals surface area contributed by atoms with Gasteiger partial charge in [-0.2, -0.15) is 0 Å². The van der Waals surface area contributed by atoms with E-state index in [1.807, 2.05) is 30.5 Å². The molecule has 4 heterocycles. The molecule has 0 radical (unpaired) electrons. The molecule has 0 saturated carbocycles. The van der Waals surface area contributed by atoms with Crippen LogP contribution in [0.5, 0.6) is 0 Å². The van der Waals surface area contributed by atoms with Gasteiger partial charge in [0.1, 0.15) is 10.8 Å². The average molecular weight is 509 g/mol. The lowest BCUT2D eigenvalue weighted by molar-refractivity contribution is -0.116. The summed E-state index contributed by atoms with van der Waals surface area (Å²) in [4.78, 5) is 27.2. The quantitative estimate of drug-likeness (QED) is 0.353. The molecule has 1 unspecified atom stereocenters. The minimum atomic E-state index is -0.0148. The summed E-state index contributed by atoms with van der Waals surface area (Å²) in [6, 6.07) is 7.44. The minimum Gasteiger partial charge on any atom is -0.310 e. The monoisotopic (exact) mass is 508 g/mol. The predicted molar refractivity (Wildman–Crippen MR) is 141 cm³/mol. The zero-order valence-corrected chi connectivity index (χ0v) is 20.7. The van der Waals surface area contributed by atoms with E-state index in [1.165, 1.54) is 0 Å². The van der Waals surface area contributed by atoms with Gasteiger partial charge in [0.15, 0.2) is 0 Å². The molecule has 2 aromatic heterocycles. The summed E-state index contributed by atoms with van der Waals surface area (Å²) < 4.78 is 0. The Labute approximate surface area is 212 Å². The van der Waals surface area contributed by atoms with E-state index in [2.05, 4.69) is 23.0 Å².